The summed E-state index contributed by atoms with van der Waals surface area (Å²) in [6, 6.07) is 13.8. The van der Waals surface area contributed by atoms with E-state index in [1.54, 1.807) is 60.4 Å². The smallest absolute Gasteiger partial charge is 0.262 e. The fourth-order valence-electron chi connectivity index (χ4n) is 3.39. The van der Waals surface area contributed by atoms with E-state index < -0.39 is 12.0 Å². The highest BCUT2D eigenvalue weighted by Crippen LogP contribution is 2.27. The summed E-state index contributed by atoms with van der Waals surface area (Å²) in [5.41, 5.74) is 1.29. The lowest BCUT2D eigenvalue weighted by Gasteiger charge is -2.17. The summed E-state index contributed by atoms with van der Waals surface area (Å²) in [5.74, 6) is 0.0665. The molecule has 3 N–H and O–H groups in total. The van der Waals surface area contributed by atoms with Gasteiger partial charge in [0.05, 0.1) is 18.6 Å². The Balaban J connectivity index is 1.48. The van der Waals surface area contributed by atoms with Crippen molar-refractivity contribution >= 4 is 29.1 Å². The number of nitrogens with one attached hydrogen (secondary N) is 2. The molecule has 0 aliphatic carbocycles. The van der Waals surface area contributed by atoms with Crippen LogP contribution in [0.3, 0.4) is 0 Å². The minimum absolute atomic E-state index is 0.121. The summed E-state index contributed by atoms with van der Waals surface area (Å²) in [6.07, 6.45) is -0.520. The molecule has 0 unspecified atom stereocenters. The van der Waals surface area contributed by atoms with Crippen molar-refractivity contribution in [3.8, 4) is 11.5 Å². The lowest BCUT2D eigenvalue weighted by atomic mass is 10.1. The van der Waals surface area contributed by atoms with Crippen molar-refractivity contribution in [2.75, 3.05) is 36.5 Å². The van der Waals surface area contributed by atoms with Gasteiger partial charge in [0, 0.05) is 30.9 Å². The van der Waals surface area contributed by atoms with Crippen LogP contribution in [0.2, 0.25) is 0 Å². The molecule has 9 nitrogen and oxygen atoms in total. The second-order valence-corrected chi connectivity index (χ2v) is 7.79. The van der Waals surface area contributed by atoms with Gasteiger partial charge in [0.1, 0.15) is 11.5 Å². The highest BCUT2D eigenvalue weighted by Gasteiger charge is 2.35. The van der Waals surface area contributed by atoms with Gasteiger partial charge in [-0.2, -0.15) is 0 Å². The lowest BCUT2D eigenvalue weighted by molar-refractivity contribution is -0.126. The van der Waals surface area contributed by atoms with E-state index in [1.165, 1.54) is 0 Å². The zero-order valence-electron chi connectivity index (χ0n) is 18.7. The summed E-state index contributed by atoms with van der Waals surface area (Å²) < 4.78 is 10.9. The minimum atomic E-state index is -0.641. The predicted molar refractivity (Wildman–Crippen MR) is 123 cm³/mol. The summed E-state index contributed by atoms with van der Waals surface area (Å²) in [4.78, 5) is 38.2. The molecule has 0 radical (unpaired) electrons. The molecule has 0 bridgehead atoms. The van der Waals surface area contributed by atoms with E-state index >= 15 is 0 Å². The molecule has 1 heterocycles. The van der Waals surface area contributed by atoms with Crippen molar-refractivity contribution in [1.29, 1.82) is 0 Å². The van der Waals surface area contributed by atoms with Crippen LogP contribution in [-0.2, 0) is 14.4 Å². The first kappa shape index (κ1) is 24.1. The number of aliphatic hydroxyl groups is 1. The number of aliphatic hydroxyl groups excluding tert-OH is 1. The maximum absolute atomic E-state index is 12.4. The maximum atomic E-state index is 12.4. The zero-order valence-corrected chi connectivity index (χ0v) is 18.7. The molecule has 3 rings (SSSR count). The summed E-state index contributed by atoms with van der Waals surface area (Å²) in [7, 11) is 0. The maximum Gasteiger partial charge on any atom is 0.262 e. The first-order chi connectivity index (χ1) is 15.9. The van der Waals surface area contributed by atoms with Crippen LogP contribution in [0.25, 0.3) is 0 Å². The molecular formula is C24H29N3O6. The van der Waals surface area contributed by atoms with Gasteiger partial charge in [-0.3, -0.25) is 14.4 Å². The Kier molecular flexibility index (Phi) is 8.26. The third-order valence-corrected chi connectivity index (χ3v) is 5.03. The van der Waals surface area contributed by atoms with Gasteiger partial charge < -0.3 is 30.1 Å². The number of ether oxygens (including phenoxy) is 2. The molecule has 1 aliphatic heterocycles. The Labute approximate surface area is 192 Å². The number of carbonyl (C=O) groups is 3. The molecule has 2 aromatic rings. The number of hydrogen-bond acceptors (Lipinski definition) is 6. The highest BCUT2D eigenvalue weighted by molar-refractivity contribution is 6.00. The Bertz CT molecular complexity index is 959. The minimum Gasteiger partial charge on any atom is -0.494 e. The summed E-state index contributed by atoms with van der Waals surface area (Å²) >= 11 is 0. The second-order valence-electron chi connectivity index (χ2n) is 7.79. The van der Waals surface area contributed by atoms with Crippen LogP contribution in [-0.4, -0.2) is 55.2 Å². The van der Waals surface area contributed by atoms with Gasteiger partial charge in [0.2, 0.25) is 11.8 Å². The van der Waals surface area contributed by atoms with E-state index in [4.69, 9.17) is 9.47 Å². The molecule has 176 valence electrons. The molecule has 1 fully saturated rings. The second kappa shape index (κ2) is 11.3. The van der Waals surface area contributed by atoms with E-state index in [0.29, 0.717) is 23.7 Å². The monoisotopic (exact) mass is 455 g/mol. The number of anilines is 2. The van der Waals surface area contributed by atoms with E-state index in [2.05, 4.69) is 10.6 Å². The molecular weight excluding hydrogens is 426 g/mol. The summed E-state index contributed by atoms with van der Waals surface area (Å²) in [5, 5.41) is 14.7. The van der Waals surface area contributed by atoms with Crippen LogP contribution in [0, 0.1) is 5.92 Å². The fourth-order valence-corrected chi connectivity index (χ4v) is 3.39. The molecule has 0 spiro atoms. The number of hydrogen-bond donors (Lipinski definition) is 3. The average Bonchev–Trinajstić information content (AvgIpc) is 3.19. The van der Waals surface area contributed by atoms with Crippen molar-refractivity contribution < 1.29 is 29.0 Å². The van der Waals surface area contributed by atoms with Crippen molar-refractivity contribution in [3.05, 3.63) is 48.5 Å². The van der Waals surface area contributed by atoms with Crippen LogP contribution in [0.15, 0.2) is 48.5 Å². The molecule has 3 amide bonds. The van der Waals surface area contributed by atoms with E-state index in [9.17, 15) is 19.5 Å². The van der Waals surface area contributed by atoms with Crippen molar-refractivity contribution in [3.63, 3.8) is 0 Å². The Morgan fingerprint density at radius 3 is 2.36 bits per heavy atom. The number of benzene rings is 2. The van der Waals surface area contributed by atoms with Gasteiger partial charge in [-0.25, -0.2) is 0 Å². The molecule has 2 aromatic carbocycles. The van der Waals surface area contributed by atoms with Gasteiger partial charge >= 0.3 is 0 Å². The third kappa shape index (κ3) is 6.95. The number of rotatable bonds is 10. The van der Waals surface area contributed by atoms with Crippen molar-refractivity contribution in [1.82, 2.24) is 5.32 Å². The Hall–Kier alpha value is -3.59. The Morgan fingerprint density at radius 1 is 1.09 bits per heavy atom. The third-order valence-electron chi connectivity index (χ3n) is 5.03. The predicted octanol–water partition coefficient (Wildman–Crippen LogP) is 1.95. The van der Waals surface area contributed by atoms with Crippen molar-refractivity contribution in [2.45, 2.75) is 26.4 Å². The van der Waals surface area contributed by atoms with Crippen LogP contribution in [0.5, 0.6) is 11.5 Å². The first-order valence-corrected chi connectivity index (χ1v) is 10.9. The van der Waals surface area contributed by atoms with Crippen LogP contribution in [0.1, 0.15) is 20.3 Å². The molecule has 0 aromatic heterocycles. The molecule has 9 heteroatoms. The number of amides is 3. The SMILES string of the molecule is CCOc1ccc(NC(=O)COc2ccc(N3C[C@@H](C(=O)NC[C@@H](C)O)CC3=O)cc2)cc1. The average molecular weight is 456 g/mol. The van der Waals surface area contributed by atoms with Gasteiger partial charge in [0.25, 0.3) is 5.91 Å². The quantitative estimate of drug-likeness (QED) is 0.504. The standard InChI is InChI=1S/C24H29N3O6/c1-3-32-20-8-4-18(5-9-20)26-22(29)15-33-21-10-6-19(7-11-21)27-14-17(12-23(27)30)24(31)25-13-16(2)28/h4-11,16-17,28H,3,12-15H2,1-2H3,(H,25,31)(H,26,29)/t16-,17+/m1/s1. The molecule has 2 atom stereocenters. The summed E-state index contributed by atoms with van der Waals surface area (Å²) in [6.45, 7) is 4.32. The molecule has 1 aliphatic rings. The van der Waals surface area contributed by atoms with Crippen LogP contribution < -0.4 is 25.0 Å². The van der Waals surface area contributed by atoms with Gasteiger partial charge in [-0.05, 0) is 62.4 Å². The van der Waals surface area contributed by atoms with Crippen molar-refractivity contribution in [2.24, 2.45) is 5.92 Å². The molecule has 0 saturated carbocycles. The zero-order chi connectivity index (χ0) is 23.8. The largest absolute Gasteiger partial charge is 0.494 e. The van der Waals surface area contributed by atoms with Gasteiger partial charge in [0.15, 0.2) is 6.61 Å². The topological polar surface area (TPSA) is 117 Å². The molecule has 33 heavy (non-hydrogen) atoms. The van der Waals surface area contributed by atoms with E-state index in [-0.39, 0.29) is 43.8 Å². The van der Waals surface area contributed by atoms with E-state index in [1.807, 2.05) is 6.92 Å². The van der Waals surface area contributed by atoms with Crippen LogP contribution in [0.4, 0.5) is 11.4 Å². The molecule has 1 saturated heterocycles. The van der Waals surface area contributed by atoms with Gasteiger partial charge in [-0.15, -0.1) is 0 Å². The fraction of sp³-hybridized carbons (Fsp3) is 0.375. The lowest BCUT2D eigenvalue weighted by Crippen LogP contribution is -2.36. The normalized spacial score (nSPS) is 16.3. The highest BCUT2D eigenvalue weighted by atomic mass is 16.5. The van der Waals surface area contributed by atoms with E-state index in [0.717, 1.165) is 5.75 Å². The number of carbonyl (C=O) groups excluding carboxylic acids is 3. The van der Waals surface area contributed by atoms with Gasteiger partial charge in [-0.1, -0.05) is 0 Å². The van der Waals surface area contributed by atoms with Crippen LogP contribution >= 0.6 is 0 Å². The Morgan fingerprint density at radius 2 is 1.73 bits per heavy atom. The number of nitrogens with zero attached hydrogens (tertiary/aromatic N) is 1. The first-order valence-electron chi connectivity index (χ1n) is 10.9.